The highest BCUT2D eigenvalue weighted by molar-refractivity contribution is 5.73. The number of nitrogens with two attached hydrogens (primary N) is 1. The molecule has 0 fully saturated rings. The Bertz CT molecular complexity index is 731. The van der Waals surface area contributed by atoms with E-state index in [1.807, 2.05) is 0 Å². The number of carboxylic acid groups (broad SMARTS) is 1. The van der Waals surface area contributed by atoms with Gasteiger partial charge in [-0.3, -0.25) is 0 Å². The van der Waals surface area contributed by atoms with Crippen LogP contribution in [0.15, 0.2) is 18.2 Å². The van der Waals surface area contributed by atoms with Crippen molar-refractivity contribution >= 4 is 11.9 Å². The lowest BCUT2D eigenvalue weighted by Crippen LogP contribution is -2.32. The highest BCUT2D eigenvalue weighted by Gasteiger charge is 2.38. The van der Waals surface area contributed by atoms with E-state index in [1.54, 1.807) is 6.07 Å². The van der Waals surface area contributed by atoms with Crippen molar-refractivity contribution < 1.29 is 19.0 Å². The summed E-state index contributed by atoms with van der Waals surface area (Å²) in [5.74, 6) is -1.28. The number of benzene rings is 1. The second kappa shape index (κ2) is 5.28. The number of carboxylic acids is 1. The van der Waals surface area contributed by atoms with Crippen molar-refractivity contribution in [2.24, 2.45) is 0 Å². The van der Waals surface area contributed by atoms with Gasteiger partial charge in [-0.2, -0.15) is 4.98 Å². The third-order valence-electron chi connectivity index (χ3n) is 3.90. The smallest absolute Gasteiger partial charge is 0.329 e. The number of hydrogen-bond acceptors (Lipinski definition) is 5. The van der Waals surface area contributed by atoms with Crippen molar-refractivity contribution in [3.8, 4) is 5.75 Å². The molecule has 3 N–H and O–H groups in total. The molecule has 0 spiro atoms. The molecule has 1 aliphatic rings. The molecule has 1 aromatic carbocycles. The number of anilines is 1. The first-order chi connectivity index (χ1) is 10.5. The zero-order valence-corrected chi connectivity index (χ0v) is 11.9. The number of aryl methyl sites for hydroxylation is 1. The van der Waals surface area contributed by atoms with Crippen molar-refractivity contribution in [1.29, 1.82) is 0 Å². The summed E-state index contributed by atoms with van der Waals surface area (Å²) in [6.07, 6.45) is 1.06. The van der Waals surface area contributed by atoms with Crippen LogP contribution in [0, 0.1) is 5.82 Å². The average Bonchev–Trinajstić information content (AvgIpc) is 2.85. The predicted molar refractivity (Wildman–Crippen MR) is 75.1 cm³/mol. The third kappa shape index (κ3) is 2.26. The molecule has 2 aromatic rings. The quantitative estimate of drug-likeness (QED) is 0.887. The van der Waals surface area contributed by atoms with Gasteiger partial charge in [-0.15, -0.1) is 5.10 Å². The number of aliphatic carboxylic acids is 1. The first kappa shape index (κ1) is 14.3. The average molecular weight is 306 g/mol. The van der Waals surface area contributed by atoms with Crippen LogP contribution in [0.2, 0.25) is 0 Å². The number of ether oxygens (including phenoxy) is 1. The number of fused-ring (bicyclic) bond motifs is 1. The van der Waals surface area contributed by atoms with Gasteiger partial charge in [0.05, 0.1) is 7.11 Å². The second-order valence-corrected chi connectivity index (χ2v) is 5.15. The van der Waals surface area contributed by atoms with Crippen molar-refractivity contribution in [1.82, 2.24) is 14.8 Å². The van der Waals surface area contributed by atoms with E-state index in [4.69, 9.17) is 10.5 Å². The van der Waals surface area contributed by atoms with Gasteiger partial charge in [-0.05, 0) is 24.1 Å². The molecule has 22 heavy (non-hydrogen) atoms. The number of halogens is 1. The van der Waals surface area contributed by atoms with Crippen LogP contribution in [0.25, 0.3) is 0 Å². The van der Waals surface area contributed by atoms with E-state index in [0.717, 1.165) is 0 Å². The predicted octanol–water partition coefficient (Wildman–Crippen LogP) is 1.36. The van der Waals surface area contributed by atoms with Crippen LogP contribution in [0.1, 0.15) is 29.8 Å². The maximum Gasteiger partial charge on any atom is 0.329 e. The molecule has 0 aliphatic carbocycles. The summed E-state index contributed by atoms with van der Waals surface area (Å²) in [5.41, 5.74) is 6.14. The summed E-state index contributed by atoms with van der Waals surface area (Å²) in [6.45, 7) is 0. The molecule has 116 valence electrons. The standard InChI is InChI=1S/C14H15FN4O3/c1-22-10-4-2-7(6-9(10)15)8-3-5-11-17-14(16)18-19(11)12(8)13(20)21/h2,4,6,8,12H,3,5H2,1H3,(H2,16,18)(H,20,21). The van der Waals surface area contributed by atoms with E-state index in [1.165, 1.54) is 23.9 Å². The molecule has 8 heteroatoms. The Labute approximate surface area is 125 Å². The number of nitrogens with zero attached hydrogens (tertiary/aromatic N) is 3. The Balaban J connectivity index is 2.03. The lowest BCUT2D eigenvalue weighted by molar-refractivity contribution is -0.142. The van der Waals surface area contributed by atoms with Gasteiger partial charge in [0.1, 0.15) is 5.82 Å². The fraction of sp³-hybridized carbons (Fsp3) is 0.357. The van der Waals surface area contributed by atoms with Gasteiger partial charge in [-0.1, -0.05) is 6.07 Å². The van der Waals surface area contributed by atoms with Crippen LogP contribution in [-0.2, 0) is 11.2 Å². The zero-order chi connectivity index (χ0) is 15.9. The number of methoxy groups -OCH3 is 1. The number of hydrogen-bond donors (Lipinski definition) is 2. The van der Waals surface area contributed by atoms with Crippen LogP contribution < -0.4 is 10.5 Å². The van der Waals surface area contributed by atoms with Crippen molar-refractivity contribution in [3.63, 3.8) is 0 Å². The first-order valence-electron chi connectivity index (χ1n) is 6.78. The molecule has 7 nitrogen and oxygen atoms in total. The van der Waals surface area contributed by atoms with Gasteiger partial charge in [0.15, 0.2) is 17.6 Å². The zero-order valence-electron chi connectivity index (χ0n) is 11.9. The SMILES string of the molecule is COc1ccc(C2CCc3nc(N)nn3C2C(=O)O)cc1F. The lowest BCUT2D eigenvalue weighted by Gasteiger charge is -2.29. The summed E-state index contributed by atoms with van der Waals surface area (Å²) in [6, 6.07) is 3.52. The molecule has 2 atom stereocenters. The molecular formula is C14H15FN4O3. The molecule has 0 radical (unpaired) electrons. The van der Waals surface area contributed by atoms with Crippen molar-refractivity contribution in [3.05, 3.63) is 35.4 Å². The summed E-state index contributed by atoms with van der Waals surface area (Å²) >= 11 is 0. The molecule has 0 amide bonds. The normalized spacial score (nSPS) is 20.5. The number of aromatic nitrogens is 3. The van der Waals surface area contributed by atoms with E-state index in [2.05, 4.69) is 10.1 Å². The minimum absolute atomic E-state index is 0.0443. The summed E-state index contributed by atoms with van der Waals surface area (Å²) in [5, 5.41) is 13.5. The fourth-order valence-electron chi connectivity index (χ4n) is 2.92. The Morgan fingerprint density at radius 3 is 2.95 bits per heavy atom. The minimum atomic E-state index is -1.05. The van der Waals surface area contributed by atoms with Gasteiger partial charge in [-0.25, -0.2) is 13.9 Å². The van der Waals surface area contributed by atoms with E-state index >= 15 is 0 Å². The fourth-order valence-corrected chi connectivity index (χ4v) is 2.92. The van der Waals surface area contributed by atoms with Gasteiger partial charge in [0.25, 0.3) is 0 Å². The van der Waals surface area contributed by atoms with Crippen LogP contribution >= 0.6 is 0 Å². The van der Waals surface area contributed by atoms with Crippen LogP contribution in [0.5, 0.6) is 5.75 Å². The second-order valence-electron chi connectivity index (χ2n) is 5.15. The van der Waals surface area contributed by atoms with Crippen LogP contribution in [-0.4, -0.2) is 33.0 Å². The summed E-state index contributed by atoms with van der Waals surface area (Å²) in [7, 11) is 1.38. The van der Waals surface area contributed by atoms with E-state index in [9.17, 15) is 14.3 Å². The number of carbonyl (C=O) groups is 1. The van der Waals surface area contributed by atoms with E-state index < -0.39 is 23.7 Å². The highest BCUT2D eigenvalue weighted by Crippen LogP contribution is 2.38. The van der Waals surface area contributed by atoms with Gasteiger partial charge >= 0.3 is 5.97 Å². The minimum Gasteiger partial charge on any atom is -0.494 e. The Hall–Kier alpha value is -2.64. The first-order valence-corrected chi connectivity index (χ1v) is 6.78. The molecule has 1 aromatic heterocycles. The van der Waals surface area contributed by atoms with Gasteiger partial charge in [0.2, 0.25) is 5.95 Å². The third-order valence-corrected chi connectivity index (χ3v) is 3.90. The number of rotatable bonds is 3. The maximum absolute atomic E-state index is 13.9. The molecule has 0 saturated heterocycles. The van der Waals surface area contributed by atoms with Gasteiger partial charge in [0, 0.05) is 12.3 Å². The molecular weight excluding hydrogens is 291 g/mol. The Morgan fingerprint density at radius 1 is 1.55 bits per heavy atom. The van der Waals surface area contributed by atoms with E-state index in [-0.39, 0.29) is 11.7 Å². The Kier molecular flexibility index (Phi) is 3.44. The van der Waals surface area contributed by atoms with E-state index in [0.29, 0.717) is 24.2 Å². The molecule has 3 rings (SSSR count). The van der Waals surface area contributed by atoms with Gasteiger partial charge < -0.3 is 15.6 Å². The number of nitrogen functional groups attached to an aromatic ring is 1. The largest absolute Gasteiger partial charge is 0.494 e. The molecule has 1 aliphatic heterocycles. The van der Waals surface area contributed by atoms with Crippen LogP contribution in [0.4, 0.5) is 10.3 Å². The molecule has 2 heterocycles. The molecule has 2 unspecified atom stereocenters. The highest BCUT2D eigenvalue weighted by atomic mass is 19.1. The summed E-state index contributed by atoms with van der Waals surface area (Å²) < 4.78 is 20.1. The maximum atomic E-state index is 13.9. The lowest BCUT2D eigenvalue weighted by atomic mass is 9.85. The van der Waals surface area contributed by atoms with Crippen molar-refractivity contribution in [2.75, 3.05) is 12.8 Å². The summed E-state index contributed by atoms with van der Waals surface area (Å²) in [4.78, 5) is 15.7. The van der Waals surface area contributed by atoms with Crippen LogP contribution in [0.3, 0.4) is 0 Å². The Morgan fingerprint density at radius 2 is 2.32 bits per heavy atom. The molecule has 0 bridgehead atoms. The monoisotopic (exact) mass is 306 g/mol. The molecule has 0 saturated carbocycles. The topological polar surface area (TPSA) is 103 Å². The van der Waals surface area contributed by atoms with Crippen molar-refractivity contribution in [2.45, 2.75) is 24.8 Å².